The normalized spacial score (nSPS) is 39.6. The summed E-state index contributed by atoms with van der Waals surface area (Å²) < 4.78 is 23.5. The van der Waals surface area contributed by atoms with Crippen LogP contribution in [0.15, 0.2) is 11.8 Å². The van der Waals surface area contributed by atoms with Gasteiger partial charge in [-0.25, -0.2) is 4.79 Å². The highest BCUT2D eigenvalue weighted by atomic mass is 16.7. The van der Waals surface area contributed by atoms with E-state index in [-0.39, 0.29) is 56.0 Å². The van der Waals surface area contributed by atoms with Crippen LogP contribution in [-0.2, 0) is 18.9 Å². The van der Waals surface area contributed by atoms with Gasteiger partial charge in [0.2, 0.25) is 0 Å². The van der Waals surface area contributed by atoms with Gasteiger partial charge in [-0.1, -0.05) is 20.8 Å². The van der Waals surface area contributed by atoms with Gasteiger partial charge < -0.3 is 50.0 Å². The van der Waals surface area contributed by atoms with Crippen LogP contribution in [0, 0.1) is 17.8 Å². The molecule has 0 aromatic rings. The lowest BCUT2D eigenvalue weighted by molar-refractivity contribution is -0.292. The zero-order chi connectivity index (χ0) is 29.8. The molecule has 2 heterocycles. The Morgan fingerprint density at radius 3 is 2.55 bits per heavy atom. The fourth-order valence-corrected chi connectivity index (χ4v) is 5.99. The standard InChI is InChI=1S/C29H52N2O9/c1-8-19-10-9-16(2)24(38-19)22-17(3)11-20(30-13-18(32)14-31-27(35)40-28(4,5)6)25(23(22)34)39-26-21(33)12-29(7,36)15-37-26/h10,16-18,20-26,30,32-34,36H,8-9,11-15H2,1-7H3,(H,31,35). The Morgan fingerprint density at radius 2 is 1.93 bits per heavy atom. The number of allylic oxidation sites excluding steroid dienone is 2. The number of rotatable bonds is 9. The van der Waals surface area contributed by atoms with E-state index in [0.29, 0.717) is 6.42 Å². The van der Waals surface area contributed by atoms with Crippen molar-refractivity contribution in [2.24, 2.45) is 17.8 Å². The molecule has 6 N–H and O–H groups in total. The van der Waals surface area contributed by atoms with Gasteiger partial charge in [0.1, 0.15) is 23.9 Å². The smallest absolute Gasteiger partial charge is 0.407 e. The Labute approximate surface area is 238 Å². The summed E-state index contributed by atoms with van der Waals surface area (Å²) >= 11 is 0. The lowest BCUT2D eigenvalue weighted by Gasteiger charge is -2.50. The van der Waals surface area contributed by atoms with Gasteiger partial charge >= 0.3 is 6.09 Å². The Balaban J connectivity index is 1.71. The fraction of sp³-hybridized carbons (Fsp3) is 0.897. The lowest BCUT2D eigenvalue weighted by Crippen LogP contribution is -2.63. The maximum Gasteiger partial charge on any atom is 0.407 e. The molecule has 40 heavy (non-hydrogen) atoms. The summed E-state index contributed by atoms with van der Waals surface area (Å²) in [6, 6.07) is -0.379. The minimum Gasteiger partial charge on any atom is -0.494 e. The predicted octanol–water partition coefficient (Wildman–Crippen LogP) is 1.81. The van der Waals surface area contributed by atoms with Gasteiger partial charge in [-0.3, -0.25) is 0 Å². The molecule has 0 aromatic heterocycles. The number of ether oxygens (including phenoxy) is 4. The quantitative estimate of drug-likeness (QED) is 0.241. The lowest BCUT2D eigenvalue weighted by atomic mass is 9.68. The molecule has 2 fully saturated rings. The van der Waals surface area contributed by atoms with Crippen molar-refractivity contribution in [3.05, 3.63) is 11.8 Å². The van der Waals surface area contributed by atoms with Crippen molar-refractivity contribution in [2.75, 3.05) is 19.7 Å². The summed E-state index contributed by atoms with van der Waals surface area (Å²) in [7, 11) is 0. The van der Waals surface area contributed by atoms with E-state index < -0.39 is 48.0 Å². The number of aliphatic hydroxyl groups is 4. The summed E-state index contributed by atoms with van der Waals surface area (Å²) in [5.41, 5.74) is -1.81. The zero-order valence-electron chi connectivity index (χ0n) is 25.1. The number of aliphatic hydroxyl groups excluding tert-OH is 3. The largest absolute Gasteiger partial charge is 0.494 e. The molecular formula is C29H52N2O9. The molecule has 0 spiro atoms. The molecule has 0 aromatic carbocycles. The van der Waals surface area contributed by atoms with Crippen molar-refractivity contribution in [3.8, 4) is 0 Å². The van der Waals surface area contributed by atoms with Gasteiger partial charge in [0.15, 0.2) is 6.29 Å². The van der Waals surface area contributed by atoms with E-state index in [4.69, 9.17) is 18.9 Å². The average Bonchev–Trinajstić information content (AvgIpc) is 2.84. The highest BCUT2D eigenvalue weighted by molar-refractivity contribution is 5.67. The van der Waals surface area contributed by atoms with E-state index in [1.807, 2.05) is 6.92 Å². The first-order chi connectivity index (χ1) is 18.6. The fourth-order valence-electron chi connectivity index (χ4n) is 5.99. The molecule has 11 atom stereocenters. The van der Waals surface area contributed by atoms with E-state index in [9.17, 15) is 25.2 Å². The molecule has 11 nitrogen and oxygen atoms in total. The van der Waals surface area contributed by atoms with Gasteiger partial charge in [0, 0.05) is 37.9 Å². The first-order valence-electron chi connectivity index (χ1n) is 14.7. The van der Waals surface area contributed by atoms with Crippen LogP contribution in [0.5, 0.6) is 0 Å². The summed E-state index contributed by atoms with van der Waals surface area (Å²) in [6.07, 6.45) is -1.06. The van der Waals surface area contributed by atoms with Crippen LogP contribution in [0.1, 0.15) is 74.1 Å². The molecule has 1 saturated carbocycles. The van der Waals surface area contributed by atoms with Crippen molar-refractivity contribution < 1.29 is 44.2 Å². The van der Waals surface area contributed by atoms with Crippen LogP contribution in [0.25, 0.3) is 0 Å². The van der Waals surface area contributed by atoms with E-state index in [2.05, 4.69) is 30.6 Å². The third kappa shape index (κ3) is 9.01. The van der Waals surface area contributed by atoms with Gasteiger partial charge in [0.05, 0.1) is 30.2 Å². The van der Waals surface area contributed by atoms with Crippen molar-refractivity contribution in [3.63, 3.8) is 0 Å². The summed E-state index contributed by atoms with van der Waals surface area (Å²) in [6.45, 7) is 13.3. The number of hydrogen-bond acceptors (Lipinski definition) is 10. The van der Waals surface area contributed by atoms with Gasteiger partial charge in [0.25, 0.3) is 0 Å². The number of nitrogens with one attached hydrogen (secondary N) is 2. The molecule has 3 aliphatic rings. The van der Waals surface area contributed by atoms with Crippen LogP contribution >= 0.6 is 0 Å². The second-order valence-electron chi connectivity index (χ2n) is 13.2. The zero-order valence-corrected chi connectivity index (χ0v) is 25.1. The molecule has 1 saturated heterocycles. The van der Waals surface area contributed by atoms with Gasteiger partial charge in [-0.15, -0.1) is 0 Å². The van der Waals surface area contributed by atoms with Crippen LogP contribution in [0.2, 0.25) is 0 Å². The van der Waals surface area contributed by atoms with Crippen LogP contribution in [0.3, 0.4) is 0 Å². The highest BCUT2D eigenvalue weighted by Crippen LogP contribution is 2.42. The number of amides is 1. The van der Waals surface area contributed by atoms with Gasteiger partial charge in [-0.2, -0.15) is 0 Å². The minimum atomic E-state index is -1.17. The maximum absolute atomic E-state index is 12.0. The summed E-state index contributed by atoms with van der Waals surface area (Å²) in [5.74, 6) is 0.964. The molecule has 11 unspecified atom stereocenters. The van der Waals surface area contributed by atoms with Crippen molar-refractivity contribution in [2.45, 2.75) is 128 Å². The third-order valence-electron chi connectivity index (χ3n) is 8.01. The number of carbonyl (C=O) groups is 1. The Morgan fingerprint density at radius 1 is 1.23 bits per heavy atom. The van der Waals surface area contributed by atoms with E-state index >= 15 is 0 Å². The number of hydrogen-bond donors (Lipinski definition) is 6. The van der Waals surface area contributed by atoms with Crippen LogP contribution < -0.4 is 10.6 Å². The minimum absolute atomic E-state index is 0.00204. The predicted molar refractivity (Wildman–Crippen MR) is 148 cm³/mol. The molecular weight excluding hydrogens is 520 g/mol. The average molecular weight is 573 g/mol. The number of carbonyl (C=O) groups excluding carboxylic acids is 1. The van der Waals surface area contributed by atoms with Crippen LogP contribution in [-0.4, -0.2) is 100 Å². The topological polar surface area (TPSA) is 159 Å². The second-order valence-corrected chi connectivity index (χ2v) is 13.2. The Hall–Kier alpha value is -1.47. The maximum atomic E-state index is 12.0. The van der Waals surface area contributed by atoms with E-state index in [1.165, 1.54) is 0 Å². The highest BCUT2D eigenvalue weighted by Gasteiger charge is 2.50. The third-order valence-corrected chi connectivity index (χ3v) is 8.01. The summed E-state index contributed by atoms with van der Waals surface area (Å²) in [5, 5.41) is 49.2. The molecule has 2 aliphatic heterocycles. The van der Waals surface area contributed by atoms with Crippen molar-refractivity contribution >= 4 is 6.09 Å². The first-order valence-corrected chi connectivity index (χ1v) is 14.7. The number of alkyl carbamates (subject to hydrolysis) is 1. The van der Waals surface area contributed by atoms with Crippen LogP contribution in [0.4, 0.5) is 4.79 Å². The summed E-state index contributed by atoms with van der Waals surface area (Å²) in [4.78, 5) is 12.0. The van der Waals surface area contributed by atoms with E-state index in [0.717, 1.165) is 18.6 Å². The second kappa shape index (κ2) is 13.7. The van der Waals surface area contributed by atoms with E-state index in [1.54, 1.807) is 27.7 Å². The Kier molecular flexibility index (Phi) is 11.3. The molecule has 1 amide bonds. The molecule has 3 rings (SSSR count). The molecule has 232 valence electrons. The first kappa shape index (κ1) is 33.0. The molecule has 0 bridgehead atoms. The molecule has 11 heteroatoms. The monoisotopic (exact) mass is 572 g/mol. The Bertz CT molecular complexity index is 861. The van der Waals surface area contributed by atoms with Gasteiger partial charge in [-0.05, 0) is 58.4 Å². The molecule has 0 radical (unpaired) electrons. The van der Waals surface area contributed by atoms with Crippen molar-refractivity contribution in [1.82, 2.24) is 10.6 Å². The SMILES string of the molecule is CCC1=CCC(C)C(C2C(C)CC(NCC(O)CNC(=O)OC(C)(C)C)C(OC3OCC(C)(O)CC3O)C2O)O1. The molecule has 1 aliphatic carbocycles. The van der Waals surface area contributed by atoms with Crippen molar-refractivity contribution in [1.29, 1.82) is 0 Å².